The number of pyridine rings is 1. The molecule has 0 radical (unpaired) electrons. The highest BCUT2D eigenvalue weighted by molar-refractivity contribution is 5.83. The van der Waals surface area contributed by atoms with E-state index in [1.165, 1.54) is 19.2 Å². The molecule has 0 bridgehead atoms. The number of likely N-dealkylation sites (tertiary alicyclic amines) is 1. The molecule has 2 fully saturated rings. The summed E-state index contributed by atoms with van der Waals surface area (Å²) in [5.74, 6) is -0.123. The molecular weight excluding hydrogens is 453 g/mol. The molecular formula is C26H32FN3O5. The lowest BCUT2D eigenvalue weighted by molar-refractivity contribution is -0.146. The number of fused-ring (bicyclic) bond motifs is 1. The second-order valence-electron chi connectivity index (χ2n) is 10.4. The number of carbonyl (C=O) groups excluding carboxylic acids is 2. The van der Waals surface area contributed by atoms with Gasteiger partial charge < -0.3 is 24.8 Å². The monoisotopic (exact) mass is 485 g/mol. The average molecular weight is 486 g/mol. The number of rotatable bonds is 6. The van der Waals surface area contributed by atoms with Crippen LogP contribution in [0, 0.1) is 17.7 Å². The van der Waals surface area contributed by atoms with E-state index in [0.717, 1.165) is 0 Å². The van der Waals surface area contributed by atoms with Gasteiger partial charge in [0.2, 0.25) is 5.88 Å². The summed E-state index contributed by atoms with van der Waals surface area (Å²) in [7, 11) is 1.32. The van der Waals surface area contributed by atoms with Crippen molar-refractivity contribution in [3.8, 4) is 17.1 Å². The number of carbonyl (C=O) groups is 2. The van der Waals surface area contributed by atoms with Gasteiger partial charge in [-0.15, -0.1) is 0 Å². The number of hydrogen-bond acceptors (Lipinski definition) is 7. The number of nitrogens with two attached hydrogens (primary N) is 1. The molecule has 4 atom stereocenters. The molecule has 4 rings (SSSR count). The highest BCUT2D eigenvalue weighted by Gasteiger charge is 2.59. The van der Waals surface area contributed by atoms with Crippen LogP contribution in [-0.2, 0) is 19.7 Å². The lowest BCUT2D eigenvalue weighted by Gasteiger charge is -2.27. The second kappa shape index (κ2) is 9.11. The van der Waals surface area contributed by atoms with Crippen LogP contribution in [0.4, 0.5) is 9.18 Å². The van der Waals surface area contributed by atoms with Crippen molar-refractivity contribution in [3.63, 3.8) is 0 Å². The molecule has 1 aromatic heterocycles. The summed E-state index contributed by atoms with van der Waals surface area (Å²) in [4.78, 5) is 31.3. The molecule has 2 N–H and O–H groups in total. The molecule has 2 aliphatic rings. The molecule has 1 aliphatic heterocycles. The minimum Gasteiger partial charge on any atom is -0.474 e. The maximum Gasteiger partial charge on any atom is 0.410 e. The lowest BCUT2D eigenvalue weighted by Crippen LogP contribution is -2.41. The van der Waals surface area contributed by atoms with Gasteiger partial charge in [0.05, 0.1) is 12.8 Å². The molecule has 2 heterocycles. The Morgan fingerprint density at radius 2 is 1.74 bits per heavy atom. The molecule has 0 spiro atoms. The van der Waals surface area contributed by atoms with Crippen molar-refractivity contribution in [2.24, 2.45) is 17.6 Å². The first-order valence-corrected chi connectivity index (χ1v) is 11.7. The van der Waals surface area contributed by atoms with E-state index in [4.69, 9.17) is 19.9 Å². The smallest absolute Gasteiger partial charge is 0.410 e. The Balaban J connectivity index is 1.57. The molecule has 9 heteroatoms. The number of nitrogens with zero attached hydrogens (tertiary/aromatic N) is 2. The van der Waals surface area contributed by atoms with Gasteiger partial charge >= 0.3 is 12.1 Å². The molecule has 8 nitrogen and oxygen atoms in total. The number of benzene rings is 1. The predicted molar refractivity (Wildman–Crippen MR) is 127 cm³/mol. The number of amides is 1. The van der Waals surface area contributed by atoms with Crippen LogP contribution in [0.2, 0.25) is 0 Å². The standard InChI is InChI=1S/C26H32FN3O5/c1-25(2,3)35-24(32)30-12-18-19(13-30)22(18)34-21-11-16(26(4,14-28)23(31)33-5)10-20(29-21)15-6-8-17(27)9-7-15/h6-11,18-19,22H,12-14,28H2,1-5H3/t18-,19+,22-,26?. The van der Waals surface area contributed by atoms with E-state index in [-0.39, 0.29) is 36.4 Å². The zero-order valence-electron chi connectivity index (χ0n) is 20.7. The third-order valence-corrected chi connectivity index (χ3v) is 6.65. The average Bonchev–Trinajstić information content (AvgIpc) is 3.24. The quantitative estimate of drug-likeness (QED) is 0.625. The van der Waals surface area contributed by atoms with Gasteiger partial charge in [0, 0.05) is 43.1 Å². The van der Waals surface area contributed by atoms with Crippen LogP contribution in [0.5, 0.6) is 5.88 Å². The third kappa shape index (κ3) is 5.10. The molecule has 1 aliphatic carbocycles. The van der Waals surface area contributed by atoms with Crippen LogP contribution < -0.4 is 10.5 Å². The summed E-state index contributed by atoms with van der Waals surface area (Å²) >= 11 is 0. The third-order valence-electron chi connectivity index (χ3n) is 6.65. The molecule has 188 valence electrons. The minimum absolute atomic E-state index is 0.0194. The Morgan fingerprint density at radius 3 is 2.29 bits per heavy atom. The Labute approximate surface area is 204 Å². The summed E-state index contributed by atoms with van der Waals surface area (Å²) in [6.07, 6.45) is -0.418. The van der Waals surface area contributed by atoms with Gasteiger partial charge in [-0.05, 0) is 63.6 Å². The summed E-state index contributed by atoms with van der Waals surface area (Å²) in [5, 5.41) is 0. The fourth-order valence-electron chi connectivity index (χ4n) is 4.46. The lowest BCUT2D eigenvalue weighted by atomic mass is 9.82. The SMILES string of the molecule is COC(=O)C(C)(CN)c1cc(O[C@@H]2[C@@H]3CN(C(=O)OC(C)(C)C)C[C@@H]32)nc(-c2ccc(F)cc2)c1. The maximum absolute atomic E-state index is 13.5. The predicted octanol–water partition coefficient (Wildman–Crippen LogP) is 3.52. The van der Waals surface area contributed by atoms with E-state index >= 15 is 0 Å². The van der Waals surface area contributed by atoms with Gasteiger partial charge in [-0.3, -0.25) is 4.79 Å². The summed E-state index contributed by atoms with van der Waals surface area (Å²) in [5.41, 5.74) is 6.13. The Morgan fingerprint density at radius 1 is 1.11 bits per heavy atom. The first kappa shape index (κ1) is 24.9. The van der Waals surface area contributed by atoms with Crippen molar-refractivity contribution < 1.29 is 28.2 Å². The first-order valence-electron chi connectivity index (χ1n) is 11.7. The molecule has 35 heavy (non-hydrogen) atoms. The molecule has 1 unspecified atom stereocenters. The van der Waals surface area contributed by atoms with Gasteiger partial charge in [0.1, 0.15) is 22.9 Å². The van der Waals surface area contributed by atoms with E-state index in [2.05, 4.69) is 4.98 Å². The number of esters is 1. The van der Waals surface area contributed by atoms with Crippen molar-refractivity contribution in [1.29, 1.82) is 0 Å². The van der Waals surface area contributed by atoms with Crippen LogP contribution in [0.1, 0.15) is 33.3 Å². The van der Waals surface area contributed by atoms with E-state index in [0.29, 0.717) is 35.8 Å². The fourth-order valence-corrected chi connectivity index (χ4v) is 4.46. The van der Waals surface area contributed by atoms with Crippen molar-refractivity contribution in [1.82, 2.24) is 9.88 Å². The van der Waals surface area contributed by atoms with Crippen LogP contribution in [0.25, 0.3) is 11.3 Å². The van der Waals surface area contributed by atoms with Crippen LogP contribution in [-0.4, -0.2) is 60.4 Å². The van der Waals surface area contributed by atoms with Crippen LogP contribution in [0.15, 0.2) is 36.4 Å². The molecule has 1 amide bonds. The van der Waals surface area contributed by atoms with Crippen molar-refractivity contribution in [3.05, 3.63) is 47.8 Å². The van der Waals surface area contributed by atoms with Gasteiger partial charge in [0.15, 0.2) is 0 Å². The number of piperidine rings is 1. The van der Waals surface area contributed by atoms with E-state index in [1.54, 1.807) is 36.1 Å². The highest BCUT2D eigenvalue weighted by Crippen LogP contribution is 2.48. The second-order valence-corrected chi connectivity index (χ2v) is 10.4. The summed E-state index contributed by atoms with van der Waals surface area (Å²) in [6, 6.07) is 9.40. The molecule has 1 saturated heterocycles. The van der Waals surface area contributed by atoms with E-state index < -0.39 is 17.0 Å². The Bertz CT molecular complexity index is 1100. The van der Waals surface area contributed by atoms with Gasteiger partial charge in [-0.2, -0.15) is 0 Å². The largest absolute Gasteiger partial charge is 0.474 e. The van der Waals surface area contributed by atoms with Crippen LogP contribution >= 0.6 is 0 Å². The number of aromatic nitrogens is 1. The minimum atomic E-state index is -1.11. The maximum atomic E-state index is 13.5. The number of ether oxygens (including phenoxy) is 3. The number of methoxy groups -OCH3 is 1. The zero-order chi connectivity index (χ0) is 25.5. The van der Waals surface area contributed by atoms with Gasteiger partial charge in [0.25, 0.3) is 0 Å². The zero-order valence-corrected chi connectivity index (χ0v) is 20.7. The first-order chi connectivity index (χ1) is 16.4. The Kier molecular flexibility index (Phi) is 6.48. The number of halogens is 1. The van der Waals surface area contributed by atoms with Crippen molar-refractivity contribution in [2.75, 3.05) is 26.7 Å². The van der Waals surface area contributed by atoms with Crippen molar-refractivity contribution in [2.45, 2.75) is 44.8 Å². The van der Waals surface area contributed by atoms with Gasteiger partial charge in [-0.25, -0.2) is 14.2 Å². The van der Waals surface area contributed by atoms with Crippen LogP contribution in [0.3, 0.4) is 0 Å². The van der Waals surface area contributed by atoms with E-state index in [9.17, 15) is 14.0 Å². The molecule has 2 aromatic rings. The molecule has 1 aromatic carbocycles. The van der Waals surface area contributed by atoms with Gasteiger partial charge in [-0.1, -0.05) is 0 Å². The fraction of sp³-hybridized carbons (Fsp3) is 0.500. The highest BCUT2D eigenvalue weighted by atomic mass is 19.1. The topological polar surface area (TPSA) is 104 Å². The Hall–Kier alpha value is -3.20. The van der Waals surface area contributed by atoms with Crippen molar-refractivity contribution >= 4 is 12.1 Å². The molecule has 1 saturated carbocycles. The normalized spacial score (nSPS) is 22.7. The summed E-state index contributed by atoms with van der Waals surface area (Å²) < 4.78 is 30.2. The summed E-state index contributed by atoms with van der Waals surface area (Å²) in [6.45, 7) is 8.36. The van der Waals surface area contributed by atoms with E-state index in [1.807, 2.05) is 20.8 Å². The number of hydrogen-bond donors (Lipinski definition) is 1.